The van der Waals surface area contributed by atoms with Crippen LogP contribution in [-0.2, 0) is 11.3 Å². The molecule has 1 fully saturated rings. The van der Waals surface area contributed by atoms with Crippen molar-refractivity contribution in [3.8, 4) is 0 Å². The van der Waals surface area contributed by atoms with Crippen molar-refractivity contribution in [1.82, 2.24) is 19.9 Å². The van der Waals surface area contributed by atoms with Crippen LogP contribution in [-0.4, -0.2) is 39.1 Å². The highest BCUT2D eigenvalue weighted by Gasteiger charge is 2.39. The fraction of sp³-hybridized carbons (Fsp3) is 0.333. The predicted octanol–water partition coefficient (Wildman–Crippen LogP) is 1.62. The van der Waals surface area contributed by atoms with Crippen molar-refractivity contribution in [3.63, 3.8) is 0 Å². The molecule has 2 aliphatic heterocycles. The number of benzene rings is 1. The van der Waals surface area contributed by atoms with Gasteiger partial charge in [0, 0.05) is 18.8 Å². The van der Waals surface area contributed by atoms with Crippen molar-refractivity contribution in [2.24, 2.45) is 0 Å². The average molecular weight is 283 g/mol. The number of likely N-dealkylation sites (tertiary alicyclic amines) is 1. The average Bonchev–Trinajstić information content (AvgIpc) is 3.14. The van der Waals surface area contributed by atoms with Gasteiger partial charge < -0.3 is 15.0 Å². The zero-order chi connectivity index (χ0) is 14.2. The van der Waals surface area contributed by atoms with Crippen LogP contribution in [0.4, 0.5) is 5.69 Å². The Hall–Kier alpha value is -2.34. The Bertz CT molecular complexity index is 653. The quantitative estimate of drug-likeness (QED) is 0.927. The Morgan fingerprint density at radius 1 is 1.29 bits per heavy atom. The smallest absolute Gasteiger partial charge is 0.0997 e. The van der Waals surface area contributed by atoms with Crippen LogP contribution in [0.5, 0.6) is 0 Å². The number of hydrogen-bond acceptors (Lipinski definition) is 5. The third kappa shape index (κ3) is 2.17. The summed E-state index contributed by atoms with van der Waals surface area (Å²) in [5.74, 6) is 0.890. The lowest BCUT2D eigenvalue weighted by molar-refractivity contribution is -0.00448. The molecule has 2 atom stereocenters. The molecule has 0 bridgehead atoms. The summed E-state index contributed by atoms with van der Waals surface area (Å²) >= 11 is 0. The molecule has 108 valence electrons. The van der Waals surface area contributed by atoms with Crippen LogP contribution >= 0.6 is 0 Å². The van der Waals surface area contributed by atoms with E-state index >= 15 is 0 Å². The van der Waals surface area contributed by atoms with E-state index in [4.69, 9.17) is 4.74 Å². The van der Waals surface area contributed by atoms with Gasteiger partial charge in [0.15, 0.2) is 0 Å². The molecule has 0 saturated carbocycles. The number of nitrogens with one attached hydrogen (secondary N) is 1. The lowest BCUT2D eigenvalue weighted by Crippen LogP contribution is -2.32. The van der Waals surface area contributed by atoms with E-state index in [0.717, 1.165) is 30.3 Å². The second-order valence-corrected chi connectivity index (χ2v) is 5.43. The van der Waals surface area contributed by atoms with Gasteiger partial charge in [-0.1, -0.05) is 30.0 Å². The molecule has 21 heavy (non-hydrogen) atoms. The summed E-state index contributed by atoms with van der Waals surface area (Å²) in [5, 5.41) is 11.5. The van der Waals surface area contributed by atoms with Crippen molar-refractivity contribution in [2.75, 3.05) is 18.4 Å². The fourth-order valence-electron chi connectivity index (χ4n) is 2.98. The van der Waals surface area contributed by atoms with E-state index in [1.165, 1.54) is 0 Å². The fourth-order valence-corrected chi connectivity index (χ4v) is 2.98. The second kappa shape index (κ2) is 4.89. The van der Waals surface area contributed by atoms with Gasteiger partial charge in [-0.2, -0.15) is 0 Å². The Kier molecular flexibility index (Phi) is 2.89. The van der Waals surface area contributed by atoms with Crippen molar-refractivity contribution >= 4 is 5.69 Å². The number of anilines is 1. The summed E-state index contributed by atoms with van der Waals surface area (Å²) in [6.45, 7) is 6.39. The van der Waals surface area contributed by atoms with Crippen LogP contribution in [0.3, 0.4) is 0 Å². The maximum atomic E-state index is 5.91. The SMILES string of the molecule is C=C(Nc1ccccc1)N1CC2OCc3cnnn3[C@@H]2C1. The zero-order valence-corrected chi connectivity index (χ0v) is 11.6. The summed E-state index contributed by atoms with van der Waals surface area (Å²) in [4.78, 5) is 2.21. The lowest BCUT2D eigenvalue weighted by atomic mass is 10.2. The summed E-state index contributed by atoms with van der Waals surface area (Å²) in [7, 11) is 0. The van der Waals surface area contributed by atoms with Gasteiger partial charge >= 0.3 is 0 Å². The minimum Gasteiger partial charge on any atom is -0.368 e. The first-order valence-corrected chi connectivity index (χ1v) is 7.08. The van der Waals surface area contributed by atoms with E-state index in [0.29, 0.717) is 6.61 Å². The molecule has 2 aliphatic rings. The minimum atomic E-state index is 0.147. The van der Waals surface area contributed by atoms with Gasteiger partial charge in [-0.25, -0.2) is 4.68 Å². The Morgan fingerprint density at radius 3 is 3.00 bits per heavy atom. The largest absolute Gasteiger partial charge is 0.368 e. The van der Waals surface area contributed by atoms with E-state index in [9.17, 15) is 0 Å². The van der Waals surface area contributed by atoms with Gasteiger partial charge in [0.05, 0.1) is 36.5 Å². The zero-order valence-electron chi connectivity index (χ0n) is 11.6. The number of aromatic nitrogens is 3. The molecule has 2 aromatic rings. The van der Waals surface area contributed by atoms with Gasteiger partial charge in [0.25, 0.3) is 0 Å². The molecule has 0 radical (unpaired) electrons. The number of fused-ring (bicyclic) bond motifs is 3. The minimum absolute atomic E-state index is 0.147. The van der Waals surface area contributed by atoms with Gasteiger partial charge in [-0.05, 0) is 12.1 Å². The highest BCUT2D eigenvalue weighted by Crippen LogP contribution is 2.31. The van der Waals surface area contributed by atoms with Crippen molar-refractivity contribution < 1.29 is 4.74 Å². The number of para-hydroxylation sites is 1. The molecule has 4 rings (SSSR count). The molecule has 0 spiro atoms. The topological polar surface area (TPSA) is 55.2 Å². The van der Waals surface area contributed by atoms with Crippen molar-refractivity contribution in [2.45, 2.75) is 18.8 Å². The van der Waals surface area contributed by atoms with Crippen molar-refractivity contribution in [1.29, 1.82) is 0 Å². The molecule has 0 aliphatic carbocycles. The van der Waals surface area contributed by atoms with Crippen molar-refractivity contribution in [3.05, 3.63) is 54.6 Å². The third-order valence-electron chi connectivity index (χ3n) is 4.09. The number of ether oxygens (including phenoxy) is 1. The Balaban J connectivity index is 1.48. The van der Waals surface area contributed by atoms with Crippen LogP contribution < -0.4 is 5.32 Å². The van der Waals surface area contributed by atoms with E-state index in [1.807, 2.05) is 35.0 Å². The highest BCUT2D eigenvalue weighted by atomic mass is 16.5. The molecular weight excluding hydrogens is 266 g/mol. The first-order chi connectivity index (χ1) is 10.3. The first-order valence-electron chi connectivity index (χ1n) is 7.08. The molecule has 6 heteroatoms. The maximum absolute atomic E-state index is 5.91. The standard InChI is InChI=1S/C15H17N5O/c1-11(17-12-5-3-2-4-6-12)19-8-14-15(9-19)21-10-13-7-16-18-20(13)14/h2-7,14-15,17H,1,8-10H2/t14-,15?/m1/s1. The van der Waals surface area contributed by atoms with Crippen LogP contribution in [0.2, 0.25) is 0 Å². The Labute approximate surface area is 123 Å². The van der Waals surface area contributed by atoms with Crippen LogP contribution in [0.15, 0.2) is 48.9 Å². The van der Waals surface area contributed by atoms with Crippen LogP contribution in [0.25, 0.3) is 0 Å². The number of hydrogen-bond donors (Lipinski definition) is 1. The van der Waals surface area contributed by atoms with Gasteiger partial charge in [0.2, 0.25) is 0 Å². The molecule has 6 nitrogen and oxygen atoms in total. The maximum Gasteiger partial charge on any atom is 0.0997 e. The molecule has 0 amide bonds. The van der Waals surface area contributed by atoms with Gasteiger partial charge in [0.1, 0.15) is 0 Å². The molecule has 1 unspecified atom stereocenters. The van der Waals surface area contributed by atoms with Gasteiger partial charge in [-0.3, -0.25) is 0 Å². The van der Waals surface area contributed by atoms with E-state index in [-0.39, 0.29) is 12.1 Å². The lowest BCUT2D eigenvalue weighted by Gasteiger charge is -2.25. The normalized spacial score (nSPS) is 23.5. The summed E-state index contributed by atoms with van der Waals surface area (Å²) in [6, 6.07) is 10.3. The Morgan fingerprint density at radius 2 is 2.14 bits per heavy atom. The number of nitrogens with zero attached hydrogens (tertiary/aromatic N) is 4. The third-order valence-corrected chi connectivity index (χ3v) is 4.09. The molecule has 1 aromatic carbocycles. The monoisotopic (exact) mass is 283 g/mol. The van der Waals surface area contributed by atoms with E-state index < -0.39 is 0 Å². The second-order valence-electron chi connectivity index (χ2n) is 5.43. The summed E-state index contributed by atoms with van der Waals surface area (Å²) < 4.78 is 7.90. The molecule has 1 aromatic heterocycles. The molecular formula is C15H17N5O. The first kappa shape index (κ1) is 12.4. The predicted molar refractivity (Wildman–Crippen MR) is 78.4 cm³/mol. The number of rotatable bonds is 3. The molecule has 1 N–H and O–H groups in total. The summed E-state index contributed by atoms with van der Waals surface area (Å²) in [6.07, 6.45) is 1.92. The van der Waals surface area contributed by atoms with E-state index in [2.05, 4.69) is 27.1 Å². The molecule has 3 heterocycles. The van der Waals surface area contributed by atoms with Crippen LogP contribution in [0.1, 0.15) is 11.7 Å². The highest BCUT2D eigenvalue weighted by molar-refractivity contribution is 5.47. The molecule has 1 saturated heterocycles. The van der Waals surface area contributed by atoms with Crippen LogP contribution in [0, 0.1) is 0 Å². The van der Waals surface area contributed by atoms with E-state index in [1.54, 1.807) is 6.20 Å². The summed E-state index contributed by atoms with van der Waals surface area (Å²) in [5.41, 5.74) is 2.08. The van der Waals surface area contributed by atoms with Gasteiger partial charge in [-0.15, -0.1) is 5.10 Å².